The predicted octanol–water partition coefficient (Wildman–Crippen LogP) is -0.350. The van der Waals surface area contributed by atoms with Crippen LogP contribution in [0, 0.1) is 17.6 Å². The third kappa shape index (κ3) is 3.07. The molecule has 3 unspecified atom stereocenters. The molecule has 23 heavy (non-hydrogen) atoms. The van der Waals surface area contributed by atoms with Crippen molar-refractivity contribution in [3.8, 4) is 0 Å². The number of benzene rings is 1. The number of nitrogens with one attached hydrogen (secondary N) is 2. The fourth-order valence-electron chi connectivity index (χ4n) is 3.35. The van der Waals surface area contributed by atoms with Crippen LogP contribution in [0.5, 0.6) is 0 Å². The zero-order valence-corrected chi connectivity index (χ0v) is 12.5. The van der Waals surface area contributed by atoms with E-state index in [9.17, 15) is 13.6 Å². The second-order valence-corrected chi connectivity index (χ2v) is 6.07. The van der Waals surface area contributed by atoms with Gasteiger partial charge in [0.1, 0.15) is 6.04 Å². The first-order valence-corrected chi connectivity index (χ1v) is 7.62. The summed E-state index contributed by atoms with van der Waals surface area (Å²) in [4.78, 5) is 13.8. The number of likely N-dealkylation sites (tertiary alicyclic amines) is 1. The van der Waals surface area contributed by atoms with Crippen molar-refractivity contribution in [2.75, 3.05) is 19.7 Å². The normalized spacial score (nSPS) is 28.5. The number of hydrazine groups is 1. The average Bonchev–Trinajstić information content (AvgIpc) is 2.99. The van der Waals surface area contributed by atoms with Crippen LogP contribution in [0.2, 0.25) is 0 Å². The molecule has 2 heterocycles. The molecule has 4 atom stereocenters. The van der Waals surface area contributed by atoms with Crippen molar-refractivity contribution in [3.63, 3.8) is 0 Å². The van der Waals surface area contributed by atoms with Crippen LogP contribution in [-0.2, 0) is 4.79 Å². The largest absolute Gasteiger partial charge is 0.394 e. The summed E-state index contributed by atoms with van der Waals surface area (Å²) in [5.74, 6) is -2.05. The molecule has 2 aliphatic heterocycles. The molecule has 3 rings (SSSR count). The van der Waals surface area contributed by atoms with Crippen LogP contribution in [0.1, 0.15) is 18.0 Å². The number of fused-ring (bicyclic) bond motifs is 1. The van der Waals surface area contributed by atoms with Crippen LogP contribution in [0.3, 0.4) is 0 Å². The minimum Gasteiger partial charge on any atom is -0.394 e. The van der Waals surface area contributed by atoms with E-state index in [1.807, 2.05) is 0 Å². The fraction of sp³-hybridized carbons (Fsp3) is 0.533. The first kappa shape index (κ1) is 16.3. The maximum atomic E-state index is 13.5. The Morgan fingerprint density at radius 1 is 1.39 bits per heavy atom. The number of hydrogen-bond acceptors (Lipinski definition) is 5. The summed E-state index contributed by atoms with van der Waals surface area (Å²) in [5.41, 5.74) is 12.5. The zero-order chi connectivity index (χ0) is 16.6. The van der Waals surface area contributed by atoms with Gasteiger partial charge in [-0.1, -0.05) is 6.07 Å². The molecule has 2 saturated heterocycles. The number of carbonyl (C=O) groups is 1. The quantitative estimate of drug-likeness (QED) is 0.610. The van der Waals surface area contributed by atoms with Crippen molar-refractivity contribution in [3.05, 3.63) is 35.4 Å². The van der Waals surface area contributed by atoms with Crippen molar-refractivity contribution in [1.29, 1.82) is 0 Å². The second kappa shape index (κ2) is 6.48. The lowest BCUT2D eigenvalue weighted by Crippen LogP contribution is -2.53. The molecule has 2 aliphatic rings. The van der Waals surface area contributed by atoms with Crippen LogP contribution in [0.4, 0.5) is 8.78 Å². The molecule has 1 aromatic rings. The van der Waals surface area contributed by atoms with Gasteiger partial charge < -0.3 is 15.7 Å². The minimum absolute atomic E-state index is 0.0171. The Kier molecular flexibility index (Phi) is 4.58. The average molecular weight is 326 g/mol. The molecule has 0 radical (unpaired) electrons. The summed E-state index contributed by atoms with van der Waals surface area (Å²) in [6.07, 6.45) is 0.724. The van der Waals surface area contributed by atoms with E-state index >= 15 is 0 Å². The van der Waals surface area contributed by atoms with E-state index in [4.69, 9.17) is 10.8 Å². The van der Waals surface area contributed by atoms with Crippen molar-refractivity contribution in [1.82, 2.24) is 15.8 Å². The highest BCUT2D eigenvalue weighted by molar-refractivity contribution is 5.81. The van der Waals surface area contributed by atoms with Crippen molar-refractivity contribution in [2.45, 2.75) is 24.5 Å². The molecule has 0 bridgehead atoms. The summed E-state index contributed by atoms with van der Waals surface area (Å²) >= 11 is 0. The molecule has 5 N–H and O–H groups in total. The van der Waals surface area contributed by atoms with Gasteiger partial charge in [0.25, 0.3) is 0 Å². The summed E-state index contributed by atoms with van der Waals surface area (Å²) < 4.78 is 26.6. The molecule has 1 amide bonds. The number of carbonyl (C=O) groups excluding carboxylic acids is 1. The Morgan fingerprint density at radius 2 is 2.17 bits per heavy atom. The summed E-state index contributed by atoms with van der Waals surface area (Å²) in [6, 6.07) is 2.82. The third-order valence-corrected chi connectivity index (χ3v) is 4.64. The number of aliphatic hydroxyl groups is 1. The number of amides is 1. The van der Waals surface area contributed by atoms with Crippen molar-refractivity contribution < 1.29 is 18.7 Å². The van der Waals surface area contributed by atoms with Gasteiger partial charge in [-0.05, 0) is 24.1 Å². The smallest absolute Gasteiger partial charge is 0.241 e. The van der Waals surface area contributed by atoms with Gasteiger partial charge in [-0.15, -0.1) is 0 Å². The lowest BCUT2D eigenvalue weighted by molar-refractivity contribution is -0.135. The molecular weight excluding hydrogens is 306 g/mol. The van der Waals surface area contributed by atoms with Gasteiger partial charge in [0, 0.05) is 25.0 Å². The molecule has 0 spiro atoms. The van der Waals surface area contributed by atoms with Gasteiger partial charge in [0.2, 0.25) is 5.91 Å². The van der Waals surface area contributed by atoms with Crippen LogP contribution in [0.25, 0.3) is 0 Å². The van der Waals surface area contributed by atoms with Crippen LogP contribution in [-0.4, -0.2) is 47.7 Å². The number of piperidine rings is 1. The lowest BCUT2D eigenvalue weighted by atomic mass is 9.85. The van der Waals surface area contributed by atoms with E-state index in [1.54, 1.807) is 11.0 Å². The Labute approximate surface area is 132 Å². The van der Waals surface area contributed by atoms with Gasteiger partial charge >= 0.3 is 0 Å². The number of nitrogens with two attached hydrogens (primary N) is 1. The topological polar surface area (TPSA) is 90.6 Å². The van der Waals surface area contributed by atoms with E-state index in [2.05, 4.69) is 10.9 Å². The highest BCUT2D eigenvalue weighted by atomic mass is 19.2. The van der Waals surface area contributed by atoms with Crippen molar-refractivity contribution >= 4 is 5.91 Å². The Morgan fingerprint density at radius 3 is 2.87 bits per heavy atom. The molecule has 8 heteroatoms. The van der Waals surface area contributed by atoms with E-state index in [1.165, 1.54) is 6.07 Å². The molecule has 0 aliphatic carbocycles. The Bertz CT molecular complexity index is 601. The molecule has 6 nitrogen and oxygen atoms in total. The van der Waals surface area contributed by atoms with Crippen LogP contribution >= 0.6 is 0 Å². The number of halogens is 2. The predicted molar refractivity (Wildman–Crippen MR) is 78.9 cm³/mol. The highest BCUT2D eigenvalue weighted by Gasteiger charge is 2.42. The number of nitrogens with zero attached hydrogens (tertiary/aromatic N) is 1. The highest BCUT2D eigenvalue weighted by Crippen LogP contribution is 2.34. The van der Waals surface area contributed by atoms with E-state index in [0.717, 1.165) is 12.5 Å². The van der Waals surface area contributed by atoms with Gasteiger partial charge in [-0.25, -0.2) is 14.2 Å². The summed E-state index contributed by atoms with van der Waals surface area (Å²) in [7, 11) is 0. The van der Waals surface area contributed by atoms with E-state index in [0.29, 0.717) is 18.7 Å². The lowest BCUT2D eigenvalue weighted by Gasteiger charge is -2.37. The van der Waals surface area contributed by atoms with Crippen molar-refractivity contribution in [2.24, 2.45) is 11.7 Å². The first-order chi connectivity index (χ1) is 11.0. The standard InChI is InChI=1S/C15H20F2N4O2/c16-10-2-1-8(5-11(10)17)14-9-6-21(15(23)12(18)7-22)4-3-13(9)19-20-14/h1-2,5,9,12-14,19-20,22H,3-4,6-7,18H2/t9?,12-,13?,14?/m1/s1. The molecular formula is C15H20F2N4O2. The Balaban J connectivity index is 1.77. The van der Waals surface area contributed by atoms with Crippen LogP contribution < -0.4 is 16.6 Å². The second-order valence-electron chi connectivity index (χ2n) is 6.07. The summed E-state index contributed by atoms with van der Waals surface area (Å²) in [5, 5.41) is 9.04. The fourth-order valence-corrected chi connectivity index (χ4v) is 3.35. The van der Waals surface area contributed by atoms with E-state index < -0.39 is 24.3 Å². The van der Waals surface area contributed by atoms with Gasteiger partial charge in [0.05, 0.1) is 12.6 Å². The number of aliphatic hydroxyl groups excluding tert-OH is 1. The summed E-state index contributed by atoms with van der Waals surface area (Å²) in [6.45, 7) is 0.597. The number of hydrogen-bond donors (Lipinski definition) is 4. The van der Waals surface area contributed by atoms with Gasteiger partial charge in [-0.2, -0.15) is 0 Å². The maximum Gasteiger partial charge on any atom is 0.241 e. The molecule has 0 aromatic heterocycles. The Hall–Kier alpha value is -1.61. The maximum absolute atomic E-state index is 13.5. The van der Waals surface area contributed by atoms with Gasteiger partial charge in [-0.3, -0.25) is 10.2 Å². The SMILES string of the molecule is N[C@H](CO)C(=O)N1CCC2NNC(c3ccc(F)c(F)c3)C2C1. The number of rotatable bonds is 3. The first-order valence-electron chi connectivity index (χ1n) is 7.62. The molecule has 2 fully saturated rings. The molecule has 1 aromatic carbocycles. The minimum atomic E-state index is -0.921. The van der Waals surface area contributed by atoms with E-state index in [-0.39, 0.29) is 23.9 Å². The molecule has 0 saturated carbocycles. The zero-order valence-electron chi connectivity index (χ0n) is 12.5. The molecule has 126 valence electrons. The van der Waals surface area contributed by atoms with Crippen LogP contribution in [0.15, 0.2) is 18.2 Å². The third-order valence-electron chi connectivity index (χ3n) is 4.64. The van der Waals surface area contributed by atoms with Gasteiger partial charge in [0.15, 0.2) is 11.6 Å². The monoisotopic (exact) mass is 326 g/mol.